The Morgan fingerprint density at radius 1 is 1.15 bits per heavy atom. The number of nitrogens with zero attached hydrogens (tertiary/aromatic N) is 1. The van der Waals surface area contributed by atoms with Gasteiger partial charge in [-0.15, -0.1) is 0 Å². The SMILES string of the molecule is COC(=O)[C@H]1CCCCN1C(=O)C1CCC(F)(F)CC1. The summed E-state index contributed by atoms with van der Waals surface area (Å²) in [6.45, 7) is 0.519. The van der Waals surface area contributed by atoms with Gasteiger partial charge in [-0.05, 0) is 32.1 Å². The molecular weight excluding hydrogens is 268 g/mol. The molecular formula is C14H21F2NO3. The predicted octanol–water partition coefficient (Wildman–Crippen LogP) is 2.37. The number of hydrogen-bond acceptors (Lipinski definition) is 3. The Bertz CT molecular complexity index is 377. The standard InChI is InChI=1S/C14H21F2NO3/c1-20-13(19)11-4-2-3-9-17(11)12(18)10-5-7-14(15,16)8-6-10/h10-11H,2-9H2,1H3/t11-/m1/s1. The van der Waals surface area contributed by atoms with Crippen molar-refractivity contribution in [3.05, 3.63) is 0 Å². The van der Waals surface area contributed by atoms with Gasteiger partial charge in [-0.2, -0.15) is 0 Å². The van der Waals surface area contributed by atoms with Gasteiger partial charge in [-0.1, -0.05) is 0 Å². The number of hydrogen-bond donors (Lipinski definition) is 0. The van der Waals surface area contributed by atoms with E-state index in [0.717, 1.165) is 12.8 Å². The van der Waals surface area contributed by atoms with Crippen molar-refractivity contribution in [3.8, 4) is 0 Å². The van der Waals surface area contributed by atoms with Crippen molar-refractivity contribution in [2.45, 2.75) is 56.9 Å². The summed E-state index contributed by atoms with van der Waals surface area (Å²) < 4.78 is 31.0. The van der Waals surface area contributed by atoms with Crippen molar-refractivity contribution in [2.24, 2.45) is 5.92 Å². The third-order valence-electron chi connectivity index (χ3n) is 4.33. The predicted molar refractivity (Wildman–Crippen MR) is 68.3 cm³/mol. The molecule has 1 saturated carbocycles. The van der Waals surface area contributed by atoms with E-state index in [9.17, 15) is 18.4 Å². The molecule has 1 aliphatic heterocycles. The summed E-state index contributed by atoms with van der Waals surface area (Å²) in [5.74, 6) is -3.57. The molecule has 0 unspecified atom stereocenters. The molecule has 1 aliphatic carbocycles. The summed E-state index contributed by atoms with van der Waals surface area (Å²) in [6.07, 6.45) is 2.27. The van der Waals surface area contributed by atoms with E-state index in [1.54, 1.807) is 4.90 Å². The summed E-state index contributed by atoms with van der Waals surface area (Å²) in [7, 11) is 1.31. The third-order valence-corrected chi connectivity index (χ3v) is 4.33. The molecule has 4 nitrogen and oxygen atoms in total. The molecule has 0 spiro atoms. The topological polar surface area (TPSA) is 46.6 Å². The highest BCUT2D eigenvalue weighted by atomic mass is 19.3. The van der Waals surface area contributed by atoms with Crippen molar-refractivity contribution in [2.75, 3.05) is 13.7 Å². The molecule has 0 N–H and O–H groups in total. The largest absolute Gasteiger partial charge is 0.467 e. The number of piperidine rings is 1. The maximum Gasteiger partial charge on any atom is 0.328 e. The summed E-state index contributed by atoms with van der Waals surface area (Å²) in [5, 5.41) is 0. The summed E-state index contributed by atoms with van der Waals surface area (Å²) in [4.78, 5) is 25.7. The van der Waals surface area contributed by atoms with Gasteiger partial charge in [0.25, 0.3) is 0 Å². The normalized spacial score (nSPS) is 27.1. The first-order valence-electron chi connectivity index (χ1n) is 7.21. The van der Waals surface area contributed by atoms with Crippen molar-refractivity contribution in [3.63, 3.8) is 0 Å². The number of methoxy groups -OCH3 is 1. The van der Waals surface area contributed by atoms with Gasteiger partial charge in [0.05, 0.1) is 7.11 Å². The van der Waals surface area contributed by atoms with Crippen LogP contribution in [-0.2, 0) is 14.3 Å². The minimum absolute atomic E-state index is 0.157. The quantitative estimate of drug-likeness (QED) is 0.733. The molecule has 0 aromatic carbocycles. The number of amides is 1. The average Bonchev–Trinajstić information content (AvgIpc) is 2.45. The molecule has 0 aromatic heterocycles. The number of carbonyl (C=O) groups excluding carboxylic acids is 2. The lowest BCUT2D eigenvalue weighted by molar-refractivity contribution is -0.158. The van der Waals surface area contributed by atoms with E-state index in [-0.39, 0.29) is 37.5 Å². The van der Waals surface area contributed by atoms with Gasteiger partial charge >= 0.3 is 5.97 Å². The zero-order chi connectivity index (χ0) is 14.8. The highest BCUT2D eigenvalue weighted by Gasteiger charge is 2.41. The molecule has 0 radical (unpaired) electrons. The Balaban J connectivity index is 2.01. The van der Waals surface area contributed by atoms with Crippen LogP contribution < -0.4 is 0 Å². The number of likely N-dealkylation sites (tertiary alicyclic amines) is 1. The molecule has 0 bridgehead atoms. The van der Waals surface area contributed by atoms with Crippen LogP contribution in [0.1, 0.15) is 44.9 Å². The van der Waals surface area contributed by atoms with Crippen LogP contribution in [0.4, 0.5) is 8.78 Å². The van der Waals surface area contributed by atoms with Crippen LogP contribution in [-0.4, -0.2) is 42.4 Å². The van der Waals surface area contributed by atoms with Gasteiger partial charge in [0, 0.05) is 25.3 Å². The van der Waals surface area contributed by atoms with Gasteiger partial charge in [-0.3, -0.25) is 4.79 Å². The summed E-state index contributed by atoms with van der Waals surface area (Å²) in [5.41, 5.74) is 0. The second-order valence-electron chi connectivity index (χ2n) is 5.70. The Labute approximate surface area is 117 Å². The van der Waals surface area contributed by atoms with Gasteiger partial charge in [0.1, 0.15) is 6.04 Å². The molecule has 1 saturated heterocycles. The average molecular weight is 289 g/mol. The number of esters is 1. The number of halogens is 2. The van der Waals surface area contributed by atoms with Crippen molar-refractivity contribution in [1.29, 1.82) is 0 Å². The molecule has 2 aliphatic rings. The van der Waals surface area contributed by atoms with Crippen LogP contribution in [0.25, 0.3) is 0 Å². The second-order valence-corrected chi connectivity index (χ2v) is 5.70. The van der Waals surface area contributed by atoms with E-state index in [4.69, 9.17) is 4.74 Å². The first kappa shape index (κ1) is 15.2. The van der Waals surface area contributed by atoms with Crippen LogP contribution in [0.3, 0.4) is 0 Å². The Hall–Kier alpha value is -1.20. The number of alkyl halides is 2. The Morgan fingerprint density at radius 2 is 1.80 bits per heavy atom. The first-order chi connectivity index (χ1) is 9.44. The molecule has 1 heterocycles. The van der Waals surface area contributed by atoms with Crippen LogP contribution in [0.2, 0.25) is 0 Å². The molecule has 2 rings (SSSR count). The van der Waals surface area contributed by atoms with Gasteiger partial charge in [0.2, 0.25) is 11.8 Å². The fourth-order valence-electron chi connectivity index (χ4n) is 3.10. The minimum atomic E-state index is -2.64. The van der Waals surface area contributed by atoms with Crippen LogP contribution >= 0.6 is 0 Å². The van der Waals surface area contributed by atoms with Gasteiger partial charge in [0.15, 0.2) is 0 Å². The van der Waals surface area contributed by atoms with Gasteiger partial charge < -0.3 is 9.64 Å². The van der Waals surface area contributed by atoms with E-state index >= 15 is 0 Å². The van der Waals surface area contributed by atoms with E-state index in [1.807, 2.05) is 0 Å². The Kier molecular flexibility index (Phi) is 4.60. The first-order valence-corrected chi connectivity index (χ1v) is 7.21. The maximum atomic E-state index is 13.1. The van der Waals surface area contributed by atoms with E-state index in [1.165, 1.54) is 7.11 Å². The third kappa shape index (κ3) is 3.27. The maximum absolute atomic E-state index is 13.1. The lowest BCUT2D eigenvalue weighted by atomic mass is 9.85. The van der Waals surface area contributed by atoms with Gasteiger partial charge in [-0.25, -0.2) is 13.6 Å². The zero-order valence-corrected chi connectivity index (χ0v) is 11.7. The van der Waals surface area contributed by atoms with Crippen molar-refractivity contribution in [1.82, 2.24) is 4.90 Å². The Morgan fingerprint density at radius 3 is 2.40 bits per heavy atom. The zero-order valence-electron chi connectivity index (χ0n) is 11.7. The van der Waals surface area contributed by atoms with E-state index < -0.39 is 17.9 Å². The molecule has 1 atom stereocenters. The highest BCUT2D eigenvalue weighted by molar-refractivity contribution is 5.86. The van der Waals surface area contributed by atoms with E-state index in [2.05, 4.69) is 0 Å². The lowest BCUT2D eigenvalue weighted by Crippen LogP contribution is -2.51. The fraction of sp³-hybridized carbons (Fsp3) is 0.857. The minimum Gasteiger partial charge on any atom is -0.467 e. The lowest BCUT2D eigenvalue weighted by Gasteiger charge is -2.37. The highest BCUT2D eigenvalue weighted by Crippen LogP contribution is 2.37. The van der Waals surface area contributed by atoms with Crippen molar-refractivity contribution < 1.29 is 23.1 Å². The van der Waals surface area contributed by atoms with Crippen LogP contribution in [0.15, 0.2) is 0 Å². The molecule has 1 amide bonds. The smallest absolute Gasteiger partial charge is 0.328 e. The number of carbonyl (C=O) groups is 2. The van der Waals surface area contributed by atoms with Crippen LogP contribution in [0, 0.1) is 5.92 Å². The number of ether oxygens (including phenoxy) is 1. The molecule has 6 heteroatoms. The molecule has 20 heavy (non-hydrogen) atoms. The molecule has 114 valence electrons. The fourth-order valence-corrected chi connectivity index (χ4v) is 3.10. The van der Waals surface area contributed by atoms with Crippen LogP contribution in [0.5, 0.6) is 0 Å². The summed E-state index contributed by atoms with van der Waals surface area (Å²) >= 11 is 0. The monoisotopic (exact) mass is 289 g/mol. The molecule has 2 fully saturated rings. The second kappa shape index (κ2) is 6.06. The van der Waals surface area contributed by atoms with E-state index in [0.29, 0.717) is 13.0 Å². The summed E-state index contributed by atoms with van der Waals surface area (Å²) in [6, 6.07) is -0.538. The number of rotatable bonds is 2. The van der Waals surface area contributed by atoms with Crippen molar-refractivity contribution >= 4 is 11.9 Å². The molecule has 0 aromatic rings.